The topological polar surface area (TPSA) is 78.5 Å². The van der Waals surface area contributed by atoms with Crippen molar-refractivity contribution in [2.75, 3.05) is 11.9 Å². The molecule has 1 atom stereocenters. The number of nitrogens with one attached hydrogen (secondary N) is 2. The summed E-state index contributed by atoms with van der Waals surface area (Å²) in [6.45, 7) is 2.06. The van der Waals surface area contributed by atoms with E-state index < -0.39 is 6.04 Å². The molecule has 3 rings (SSSR count). The summed E-state index contributed by atoms with van der Waals surface area (Å²) >= 11 is 0. The number of rotatable bonds is 4. The second-order valence-corrected chi connectivity index (χ2v) is 6.91. The third kappa shape index (κ3) is 4.18. The smallest absolute Gasteiger partial charge is 0.322 e. The highest BCUT2D eigenvalue weighted by atomic mass is 16.2. The summed E-state index contributed by atoms with van der Waals surface area (Å²) in [7, 11) is 0. The first-order valence-electron chi connectivity index (χ1n) is 9.03. The fraction of sp³-hybridized carbons (Fsp3) is 0.526. The zero-order valence-electron chi connectivity index (χ0n) is 14.6. The molecular weight excluding hydrogens is 318 g/mol. The van der Waals surface area contributed by atoms with Gasteiger partial charge < -0.3 is 15.5 Å². The van der Waals surface area contributed by atoms with E-state index in [9.17, 15) is 14.4 Å². The molecule has 1 unspecified atom stereocenters. The maximum Gasteiger partial charge on any atom is 0.322 e. The van der Waals surface area contributed by atoms with Gasteiger partial charge >= 0.3 is 6.03 Å². The van der Waals surface area contributed by atoms with Crippen molar-refractivity contribution in [3.63, 3.8) is 0 Å². The van der Waals surface area contributed by atoms with Crippen LogP contribution in [0, 0.1) is 0 Å². The number of likely N-dealkylation sites (tertiary alicyclic amines) is 1. The molecule has 1 aromatic rings. The SMILES string of the molecule is CC(=O)c1cccc(NC(=O)N2CCCC2C(=O)NC2CCCC2)c1. The van der Waals surface area contributed by atoms with Gasteiger partial charge in [-0.3, -0.25) is 9.59 Å². The highest BCUT2D eigenvalue weighted by molar-refractivity contribution is 5.97. The number of urea groups is 1. The first-order chi connectivity index (χ1) is 12.0. The molecule has 0 spiro atoms. The summed E-state index contributed by atoms with van der Waals surface area (Å²) in [4.78, 5) is 38.2. The number of benzene rings is 1. The summed E-state index contributed by atoms with van der Waals surface area (Å²) in [6.07, 6.45) is 5.90. The molecule has 1 heterocycles. The number of amides is 3. The van der Waals surface area contributed by atoms with Gasteiger partial charge in [-0.25, -0.2) is 4.79 Å². The zero-order chi connectivity index (χ0) is 17.8. The van der Waals surface area contributed by atoms with Crippen LogP contribution in [-0.4, -0.2) is 41.2 Å². The second kappa shape index (κ2) is 7.68. The Kier molecular flexibility index (Phi) is 5.36. The van der Waals surface area contributed by atoms with Crippen molar-refractivity contribution in [2.24, 2.45) is 0 Å². The lowest BCUT2D eigenvalue weighted by molar-refractivity contribution is -0.125. The maximum absolute atomic E-state index is 12.6. The van der Waals surface area contributed by atoms with E-state index in [1.54, 1.807) is 29.2 Å². The predicted octanol–water partition coefficient (Wildman–Crippen LogP) is 2.94. The van der Waals surface area contributed by atoms with Gasteiger partial charge in [0.25, 0.3) is 0 Å². The normalized spacial score (nSPS) is 20.5. The van der Waals surface area contributed by atoms with E-state index >= 15 is 0 Å². The number of carbonyl (C=O) groups is 3. The molecule has 25 heavy (non-hydrogen) atoms. The molecule has 3 amide bonds. The Labute approximate surface area is 148 Å². The van der Waals surface area contributed by atoms with Gasteiger partial charge in [-0.05, 0) is 44.7 Å². The Morgan fingerprint density at radius 2 is 1.84 bits per heavy atom. The fourth-order valence-electron chi connectivity index (χ4n) is 3.66. The van der Waals surface area contributed by atoms with E-state index in [0.29, 0.717) is 24.2 Å². The van der Waals surface area contributed by atoms with Crippen LogP contribution in [0.4, 0.5) is 10.5 Å². The minimum atomic E-state index is -0.406. The van der Waals surface area contributed by atoms with E-state index in [-0.39, 0.29) is 23.8 Å². The number of hydrogen-bond donors (Lipinski definition) is 2. The molecule has 0 radical (unpaired) electrons. The molecule has 2 aliphatic rings. The minimum Gasteiger partial charge on any atom is -0.352 e. The monoisotopic (exact) mass is 343 g/mol. The second-order valence-electron chi connectivity index (χ2n) is 6.91. The molecule has 0 bridgehead atoms. The molecule has 1 aromatic carbocycles. The lowest BCUT2D eigenvalue weighted by Crippen LogP contribution is -2.49. The van der Waals surface area contributed by atoms with Gasteiger partial charge in [0.2, 0.25) is 5.91 Å². The Balaban J connectivity index is 1.63. The Morgan fingerprint density at radius 1 is 1.08 bits per heavy atom. The van der Waals surface area contributed by atoms with E-state index in [0.717, 1.165) is 32.1 Å². The summed E-state index contributed by atoms with van der Waals surface area (Å²) in [5.74, 6) is -0.0943. The molecule has 6 heteroatoms. The van der Waals surface area contributed by atoms with Crippen molar-refractivity contribution in [3.8, 4) is 0 Å². The Morgan fingerprint density at radius 3 is 2.56 bits per heavy atom. The molecule has 1 aliphatic heterocycles. The van der Waals surface area contributed by atoms with Crippen LogP contribution in [0.5, 0.6) is 0 Å². The van der Waals surface area contributed by atoms with Crippen molar-refractivity contribution in [1.82, 2.24) is 10.2 Å². The third-order valence-electron chi connectivity index (χ3n) is 5.04. The van der Waals surface area contributed by atoms with Gasteiger partial charge in [-0.1, -0.05) is 25.0 Å². The lowest BCUT2D eigenvalue weighted by atomic mass is 10.1. The Hall–Kier alpha value is -2.37. The van der Waals surface area contributed by atoms with Crippen LogP contribution in [0.25, 0.3) is 0 Å². The zero-order valence-corrected chi connectivity index (χ0v) is 14.6. The van der Waals surface area contributed by atoms with Crippen LogP contribution in [0.1, 0.15) is 55.8 Å². The van der Waals surface area contributed by atoms with Crippen molar-refractivity contribution in [3.05, 3.63) is 29.8 Å². The standard InChI is InChI=1S/C19H25N3O3/c1-13(23)14-6-4-9-16(12-14)21-19(25)22-11-5-10-17(22)18(24)20-15-7-2-3-8-15/h4,6,9,12,15,17H,2-3,5,7-8,10-11H2,1H3,(H,20,24)(H,21,25). The average Bonchev–Trinajstić information content (AvgIpc) is 3.26. The lowest BCUT2D eigenvalue weighted by Gasteiger charge is -2.25. The number of ketones is 1. The van der Waals surface area contributed by atoms with E-state index in [2.05, 4.69) is 10.6 Å². The molecule has 1 saturated carbocycles. The summed E-state index contributed by atoms with van der Waals surface area (Å²) in [5.41, 5.74) is 1.12. The van der Waals surface area contributed by atoms with Crippen LogP contribution in [0.15, 0.2) is 24.3 Å². The first kappa shape index (κ1) is 17.5. The van der Waals surface area contributed by atoms with Crippen LogP contribution < -0.4 is 10.6 Å². The van der Waals surface area contributed by atoms with E-state index in [1.165, 1.54) is 6.92 Å². The van der Waals surface area contributed by atoms with Gasteiger partial charge in [-0.15, -0.1) is 0 Å². The van der Waals surface area contributed by atoms with Gasteiger partial charge in [-0.2, -0.15) is 0 Å². The highest BCUT2D eigenvalue weighted by Crippen LogP contribution is 2.22. The Bertz CT molecular complexity index is 668. The van der Waals surface area contributed by atoms with Crippen molar-refractivity contribution in [2.45, 2.75) is 57.5 Å². The number of nitrogens with zero attached hydrogens (tertiary/aromatic N) is 1. The highest BCUT2D eigenvalue weighted by Gasteiger charge is 2.35. The number of Topliss-reactive ketones (excluding diaryl/α,β-unsaturated/α-hetero) is 1. The quantitative estimate of drug-likeness (QED) is 0.825. The summed E-state index contributed by atoms with van der Waals surface area (Å²) < 4.78 is 0. The van der Waals surface area contributed by atoms with Crippen molar-refractivity contribution in [1.29, 1.82) is 0 Å². The molecule has 1 saturated heterocycles. The van der Waals surface area contributed by atoms with Crippen molar-refractivity contribution < 1.29 is 14.4 Å². The van der Waals surface area contributed by atoms with Crippen LogP contribution in [0.2, 0.25) is 0 Å². The molecule has 134 valence electrons. The van der Waals surface area contributed by atoms with Gasteiger partial charge in [0.1, 0.15) is 6.04 Å². The molecule has 0 aromatic heterocycles. The van der Waals surface area contributed by atoms with Crippen molar-refractivity contribution >= 4 is 23.4 Å². The van der Waals surface area contributed by atoms with Crippen LogP contribution in [0.3, 0.4) is 0 Å². The maximum atomic E-state index is 12.6. The van der Waals surface area contributed by atoms with E-state index in [4.69, 9.17) is 0 Å². The van der Waals surface area contributed by atoms with Crippen LogP contribution >= 0.6 is 0 Å². The minimum absolute atomic E-state index is 0.0444. The average molecular weight is 343 g/mol. The summed E-state index contributed by atoms with van der Waals surface area (Å²) in [6, 6.07) is 6.41. The predicted molar refractivity (Wildman–Crippen MR) is 95.6 cm³/mol. The van der Waals surface area contributed by atoms with Gasteiger partial charge in [0.15, 0.2) is 5.78 Å². The fourth-order valence-corrected chi connectivity index (χ4v) is 3.66. The number of anilines is 1. The van der Waals surface area contributed by atoms with Gasteiger partial charge in [0.05, 0.1) is 0 Å². The molecular formula is C19H25N3O3. The van der Waals surface area contributed by atoms with Gasteiger partial charge in [0, 0.05) is 23.8 Å². The number of hydrogen-bond acceptors (Lipinski definition) is 3. The van der Waals surface area contributed by atoms with E-state index in [1.807, 2.05) is 0 Å². The largest absolute Gasteiger partial charge is 0.352 e. The van der Waals surface area contributed by atoms with Crippen LogP contribution in [-0.2, 0) is 4.79 Å². The molecule has 2 fully saturated rings. The molecule has 2 N–H and O–H groups in total. The summed E-state index contributed by atoms with van der Waals surface area (Å²) in [5, 5.41) is 5.90. The molecule has 6 nitrogen and oxygen atoms in total. The number of carbonyl (C=O) groups excluding carboxylic acids is 3. The first-order valence-corrected chi connectivity index (χ1v) is 9.03. The molecule has 1 aliphatic carbocycles. The third-order valence-corrected chi connectivity index (χ3v) is 5.04.